The maximum atomic E-state index is 11.7. The van der Waals surface area contributed by atoms with Gasteiger partial charge in [0.1, 0.15) is 0 Å². The predicted octanol–water partition coefficient (Wildman–Crippen LogP) is 1.01. The summed E-state index contributed by atoms with van der Waals surface area (Å²) in [5.74, 6) is 0. The summed E-state index contributed by atoms with van der Waals surface area (Å²) >= 11 is 0. The van der Waals surface area contributed by atoms with Gasteiger partial charge in [0.05, 0.1) is 4.90 Å². The second kappa shape index (κ2) is 5.43. The van der Waals surface area contributed by atoms with Crippen molar-refractivity contribution in [2.75, 3.05) is 13.6 Å². The first-order chi connectivity index (χ1) is 7.53. The molecule has 0 fully saturated rings. The molecule has 90 valence electrons. The van der Waals surface area contributed by atoms with Crippen LogP contribution in [0.1, 0.15) is 18.1 Å². The van der Waals surface area contributed by atoms with E-state index in [0.29, 0.717) is 11.4 Å². The summed E-state index contributed by atoms with van der Waals surface area (Å²) in [6, 6.07) is 5.33. The average molecular weight is 242 g/mol. The van der Waals surface area contributed by atoms with Crippen LogP contribution in [-0.4, -0.2) is 22.0 Å². The maximum absolute atomic E-state index is 11.7. The van der Waals surface area contributed by atoms with E-state index in [-0.39, 0.29) is 0 Å². The molecule has 0 radical (unpaired) electrons. The van der Waals surface area contributed by atoms with Crippen LogP contribution in [-0.2, 0) is 16.6 Å². The molecule has 0 atom stereocenters. The van der Waals surface area contributed by atoms with Crippen molar-refractivity contribution in [2.24, 2.45) is 0 Å². The molecule has 0 aliphatic rings. The molecular formula is C11H18N2O2S. The van der Waals surface area contributed by atoms with Gasteiger partial charge in [0.2, 0.25) is 10.0 Å². The van der Waals surface area contributed by atoms with Gasteiger partial charge in [-0.3, -0.25) is 0 Å². The SMILES string of the molecule is CCNCc1cccc(S(=O)(=O)NC)c1C. The van der Waals surface area contributed by atoms with Gasteiger partial charge in [-0.2, -0.15) is 0 Å². The molecule has 16 heavy (non-hydrogen) atoms. The maximum Gasteiger partial charge on any atom is 0.240 e. The van der Waals surface area contributed by atoms with E-state index in [2.05, 4.69) is 10.0 Å². The lowest BCUT2D eigenvalue weighted by Gasteiger charge is -2.11. The summed E-state index contributed by atoms with van der Waals surface area (Å²) in [7, 11) is -1.93. The summed E-state index contributed by atoms with van der Waals surface area (Å²) in [6.07, 6.45) is 0. The Bertz CT molecular complexity index is 455. The number of sulfonamides is 1. The minimum absolute atomic E-state index is 0.352. The van der Waals surface area contributed by atoms with Crippen molar-refractivity contribution in [3.63, 3.8) is 0 Å². The van der Waals surface area contributed by atoms with Crippen molar-refractivity contribution in [1.82, 2.24) is 10.0 Å². The number of nitrogens with one attached hydrogen (secondary N) is 2. The van der Waals surface area contributed by atoms with Crippen LogP contribution in [0.3, 0.4) is 0 Å². The van der Waals surface area contributed by atoms with Gasteiger partial charge in [-0.1, -0.05) is 19.1 Å². The lowest BCUT2D eigenvalue weighted by Crippen LogP contribution is -2.21. The van der Waals surface area contributed by atoms with Gasteiger partial charge >= 0.3 is 0 Å². The third-order valence-electron chi connectivity index (χ3n) is 2.52. The quantitative estimate of drug-likeness (QED) is 0.810. The molecule has 4 nitrogen and oxygen atoms in total. The molecule has 1 aromatic rings. The second-order valence-electron chi connectivity index (χ2n) is 3.53. The van der Waals surface area contributed by atoms with Gasteiger partial charge in [0.25, 0.3) is 0 Å². The summed E-state index contributed by atoms with van der Waals surface area (Å²) in [5.41, 5.74) is 1.82. The highest BCUT2D eigenvalue weighted by Crippen LogP contribution is 2.18. The third-order valence-corrected chi connectivity index (χ3v) is 4.08. The van der Waals surface area contributed by atoms with Gasteiger partial charge in [0.15, 0.2) is 0 Å². The summed E-state index contributed by atoms with van der Waals surface area (Å²) in [5, 5.41) is 3.19. The highest BCUT2D eigenvalue weighted by atomic mass is 32.2. The molecule has 0 aliphatic heterocycles. The molecule has 2 N–H and O–H groups in total. The molecule has 1 aromatic carbocycles. The minimum atomic E-state index is -3.35. The van der Waals surface area contributed by atoms with Crippen molar-refractivity contribution in [2.45, 2.75) is 25.3 Å². The molecule has 0 aromatic heterocycles. The zero-order valence-electron chi connectivity index (χ0n) is 9.87. The van der Waals surface area contributed by atoms with Crippen LogP contribution in [0, 0.1) is 6.92 Å². The van der Waals surface area contributed by atoms with E-state index in [9.17, 15) is 8.42 Å². The fourth-order valence-corrected chi connectivity index (χ4v) is 2.52. The zero-order valence-corrected chi connectivity index (χ0v) is 10.7. The summed E-state index contributed by atoms with van der Waals surface area (Å²) < 4.78 is 25.8. The van der Waals surface area contributed by atoms with Gasteiger partial charge in [-0.25, -0.2) is 13.1 Å². The van der Waals surface area contributed by atoms with E-state index in [1.54, 1.807) is 12.1 Å². The highest BCUT2D eigenvalue weighted by molar-refractivity contribution is 7.89. The van der Waals surface area contributed by atoms with Crippen LogP contribution < -0.4 is 10.0 Å². The van der Waals surface area contributed by atoms with E-state index < -0.39 is 10.0 Å². The molecule has 1 rings (SSSR count). The van der Waals surface area contributed by atoms with Crippen molar-refractivity contribution >= 4 is 10.0 Å². The van der Waals surface area contributed by atoms with Crippen molar-refractivity contribution in [1.29, 1.82) is 0 Å². The molecule has 0 unspecified atom stereocenters. The van der Waals surface area contributed by atoms with Crippen LogP contribution >= 0.6 is 0 Å². The fraction of sp³-hybridized carbons (Fsp3) is 0.455. The first-order valence-electron chi connectivity index (χ1n) is 5.25. The lowest BCUT2D eigenvalue weighted by atomic mass is 10.1. The predicted molar refractivity (Wildman–Crippen MR) is 64.8 cm³/mol. The Morgan fingerprint density at radius 1 is 1.31 bits per heavy atom. The standard InChI is InChI=1S/C11H18N2O2S/c1-4-13-8-10-6-5-7-11(9(10)2)16(14,15)12-3/h5-7,12-13H,4,8H2,1-3H3. The monoisotopic (exact) mass is 242 g/mol. The molecule has 0 saturated heterocycles. The molecule has 5 heteroatoms. The molecule has 0 saturated carbocycles. The van der Waals surface area contributed by atoms with E-state index in [4.69, 9.17) is 0 Å². The van der Waals surface area contributed by atoms with Crippen LogP contribution in [0.2, 0.25) is 0 Å². The zero-order chi connectivity index (χ0) is 12.2. The molecule has 0 bridgehead atoms. The van der Waals surface area contributed by atoms with Crippen molar-refractivity contribution in [3.05, 3.63) is 29.3 Å². The van der Waals surface area contributed by atoms with E-state index in [1.165, 1.54) is 7.05 Å². The Balaban J connectivity index is 3.14. The number of benzene rings is 1. The van der Waals surface area contributed by atoms with Gasteiger partial charge in [-0.05, 0) is 37.7 Å². The van der Waals surface area contributed by atoms with E-state index in [0.717, 1.165) is 17.7 Å². The Kier molecular flexibility index (Phi) is 4.46. The Hall–Kier alpha value is -0.910. The number of hydrogen-bond donors (Lipinski definition) is 2. The normalized spacial score (nSPS) is 11.7. The van der Waals surface area contributed by atoms with Crippen LogP contribution in [0.4, 0.5) is 0 Å². The third kappa shape index (κ3) is 2.81. The van der Waals surface area contributed by atoms with E-state index >= 15 is 0 Å². The second-order valence-corrected chi connectivity index (χ2v) is 5.38. The van der Waals surface area contributed by atoms with Crippen molar-refractivity contribution < 1.29 is 8.42 Å². The van der Waals surface area contributed by atoms with Gasteiger partial charge in [-0.15, -0.1) is 0 Å². The molecule has 0 heterocycles. The fourth-order valence-electron chi connectivity index (χ4n) is 1.51. The number of rotatable bonds is 5. The Morgan fingerprint density at radius 2 is 2.00 bits per heavy atom. The highest BCUT2D eigenvalue weighted by Gasteiger charge is 2.15. The van der Waals surface area contributed by atoms with Crippen LogP contribution in [0.5, 0.6) is 0 Å². The van der Waals surface area contributed by atoms with Gasteiger partial charge < -0.3 is 5.32 Å². The van der Waals surface area contributed by atoms with E-state index in [1.807, 2.05) is 19.9 Å². The average Bonchev–Trinajstić information content (AvgIpc) is 2.27. The smallest absolute Gasteiger partial charge is 0.240 e. The van der Waals surface area contributed by atoms with Crippen LogP contribution in [0.15, 0.2) is 23.1 Å². The van der Waals surface area contributed by atoms with Crippen LogP contribution in [0.25, 0.3) is 0 Å². The summed E-state index contributed by atoms with van der Waals surface area (Å²) in [6.45, 7) is 5.40. The van der Waals surface area contributed by atoms with Crippen molar-refractivity contribution in [3.8, 4) is 0 Å². The first kappa shape index (κ1) is 13.2. The Labute approximate surface area is 97.1 Å². The molecule has 0 aliphatic carbocycles. The minimum Gasteiger partial charge on any atom is -0.313 e. The topological polar surface area (TPSA) is 58.2 Å². The van der Waals surface area contributed by atoms with Gasteiger partial charge in [0, 0.05) is 6.54 Å². The number of hydrogen-bond acceptors (Lipinski definition) is 3. The largest absolute Gasteiger partial charge is 0.313 e. The Morgan fingerprint density at radius 3 is 2.56 bits per heavy atom. The lowest BCUT2D eigenvalue weighted by molar-refractivity contribution is 0.587. The molecular weight excluding hydrogens is 224 g/mol. The molecule has 0 amide bonds. The molecule has 0 spiro atoms. The first-order valence-corrected chi connectivity index (χ1v) is 6.74. The summed E-state index contributed by atoms with van der Waals surface area (Å²) in [4.78, 5) is 0.352.